The molecule has 0 aromatic carbocycles. The van der Waals surface area contributed by atoms with Crippen LogP contribution >= 0.6 is 0 Å². The third-order valence-electron chi connectivity index (χ3n) is 3.45. The first-order valence-electron chi connectivity index (χ1n) is 7.58. The molecule has 0 aliphatic carbocycles. The fraction of sp³-hybridized carbons (Fsp3) is 0.929. The van der Waals surface area contributed by atoms with E-state index in [0.717, 1.165) is 45.2 Å². The molecule has 0 saturated carbocycles. The molecule has 0 bridgehead atoms. The number of nitrogens with one attached hydrogen (secondary N) is 2. The Kier molecular flexibility index (Phi) is 8.58. The summed E-state index contributed by atoms with van der Waals surface area (Å²) >= 11 is 0. The van der Waals surface area contributed by atoms with Gasteiger partial charge in [-0.3, -0.25) is 4.99 Å². The van der Waals surface area contributed by atoms with Crippen LogP contribution in [0.2, 0.25) is 0 Å². The summed E-state index contributed by atoms with van der Waals surface area (Å²) in [5, 5.41) is 6.69. The van der Waals surface area contributed by atoms with Crippen molar-refractivity contribution in [3.05, 3.63) is 0 Å². The first kappa shape index (κ1) is 16.2. The number of ether oxygens (including phenoxy) is 1. The molecule has 0 aromatic rings. The third kappa shape index (κ3) is 6.78. The molecule has 112 valence electrons. The van der Waals surface area contributed by atoms with E-state index in [1.807, 2.05) is 7.05 Å². The van der Waals surface area contributed by atoms with Crippen molar-refractivity contribution >= 4 is 5.96 Å². The van der Waals surface area contributed by atoms with Crippen LogP contribution < -0.4 is 10.6 Å². The molecule has 19 heavy (non-hydrogen) atoms. The van der Waals surface area contributed by atoms with Crippen LogP contribution in [0.4, 0.5) is 0 Å². The average Bonchev–Trinajstić information content (AvgIpc) is 2.94. The van der Waals surface area contributed by atoms with Gasteiger partial charge in [-0.25, -0.2) is 0 Å². The predicted octanol–water partition coefficient (Wildman–Crippen LogP) is 1.06. The fourth-order valence-electron chi connectivity index (χ4n) is 2.31. The number of nitrogens with zero attached hydrogens (tertiary/aromatic N) is 2. The van der Waals surface area contributed by atoms with E-state index in [0.29, 0.717) is 6.10 Å². The van der Waals surface area contributed by atoms with Gasteiger partial charge in [0.25, 0.3) is 0 Å². The Hall–Kier alpha value is -0.810. The van der Waals surface area contributed by atoms with Crippen LogP contribution in [0.5, 0.6) is 0 Å². The third-order valence-corrected chi connectivity index (χ3v) is 3.45. The van der Waals surface area contributed by atoms with E-state index >= 15 is 0 Å². The highest BCUT2D eigenvalue weighted by Gasteiger charge is 2.15. The maximum atomic E-state index is 5.59. The van der Waals surface area contributed by atoms with Crippen molar-refractivity contribution in [2.45, 2.75) is 39.2 Å². The molecule has 0 spiro atoms. The Morgan fingerprint density at radius 2 is 2.16 bits per heavy atom. The summed E-state index contributed by atoms with van der Waals surface area (Å²) in [6.45, 7) is 10.5. The molecule has 5 heteroatoms. The molecule has 1 unspecified atom stereocenters. The normalized spacial score (nSPS) is 20.0. The van der Waals surface area contributed by atoms with Crippen molar-refractivity contribution in [1.29, 1.82) is 0 Å². The van der Waals surface area contributed by atoms with Gasteiger partial charge in [-0.05, 0) is 32.4 Å². The molecule has 1 aliphatic heterocycles. The second-order valence-corrected chi connectivity index (χ2v) is 4.95. The molecule has 1 fully saturated rings. The SMILES string of the molecule is CCCN(CC)CCNC(=NC)NCC1CCCO1. The van der Waals surface area contributed by atoms with Crippen LogP contribution in [0.15, 0.2) is 4.99 Å². The Labute approximate surface area is 117 Å². The van der Waals surface area contributed by atoms with E-state index in [1.54, 1.807) is 0 Å². The Morgan fingerprint density at radius 3 is 2.74 bits per heavy atom. The maximum Gasteiger partial charge on any atom is 0.191 e. The zero-order chi connectivity index (χ0) is 13.9. The van der Waals surface area contributed by atoms with Crippen LogP contribution in [0.1, 0.15) is 33.1 Å². The summed E-state index contributed by atoms with van der Waals surface area (Å²) in [5.41, 5.74) is 0. The van der Waals surface area contributed by atoms with E-state index in [-0.39, 0.29) is 0 Å². The van der Waals surface area contributed by atoms with Crippen molar-refractivity contribution < 1.29 is 4.74 Å². The molecule has 1 aliphatic rings. The second-order valence-electron chi connectivity index (χ2n) is 4.95. The molecule has 1 rings (SSSR count). The Balaban J connectivity index is 2.13. The van der Waals surface area contributed by atoms with Gasteiger partial charge in [0.15, 0.2) is 5.96 Å². The predicted molar refractivity (Wildman–Crippen MR) is 80.7 cm³/mol. The number of hydrogen-bond donors (Lipinski definition) is 2. The zero-order valence-electron chi connectivity index (χ0n) is 12.7. The summed E-state index contributed by atoms with van der Waals surface area (Å²) in [5.74, 6) is 0.878. The number of rotatable bonds is 8. The first-order valence-corrected chi connectivity index (χ1v) is 7.58. The molecule has 1 heterocycles. The van der Waals surface area contributed by atoms with E-state index in [1.165, 1.54) is 19.4 Å². The van der Waals surface area contributed by atoms with Gasteiger partial charge < -0.3 is 20.3 Å². The summed E-state index contributed by atoms with van der Waals surface area (Å²) in [6.07, 6.45) is 3.90. The minimum Gasteiger partial charge on any atom is -0.376 e. The molecule has 5 nitrogen and oxygen atoms in total. The van der Waals surface area contributed by atoms with Gasteiger partial charge in [-0.1, -0.05) is 13.8 Å². The van der Waals surface area contributed by atoms with Gasteiger partial charge in [0.2, 0.25) is 0 Å². The van der Waals surface area contributed by atoms with Crippen LogP contribution in [0.3, 0.4) is 0 Å². The van der Waals surface area contributed by atoms with E-state index in [2.05, 4.69) is 34.4 Å². The minimum absolute atomic E-state index is 0.353. The topological polar surface area (TPSA) is 48.9 Å². The second kappa shape index (κ2) is 10.0. The van der Waals surface area contributed by atoms with Gasteiger partial charge in [-0.2, -0.15) is 0 Å². The standard InChI is InChI=1S/C14H30N4O/c1-4-9-18(5-2)10-8-16-14(15-3)17-12-13-7-6-11-19-13/h13H,4-12H2,1-3H3,(H2,15,16,17). The Morgan fingerprint density at radius 1 is 1.32 bits per heavy atom. The zero-order valence-corrected chi connectivity index (χ0v) is 12.7. The van der Waals surface area contributed by atoms with E-state index in [4.69, 9.17) is 4.74 Å². The van der Waals surface area contributed by atoms with Gasteiger partial charge in [0.05, 0.1) is 6.10 Å². The lowest BCUT2D eigenvalue weighted by atomic mass is 10.2. The van der Waals surface area contributed by atoms with Gasteiger partial charge in [-0.15, -0.1) is 0 Å². The smallest absolute Gasteiger partial charge is 0.191 e. The number of hydrogen-bond acceptors (Lipinski definition) is 3. The summed E-state index contributed by atoms with van der Waals surface area (Å²) < 4.78 is 5.59. The number of aliphatic imine (C=N–C) groups is 1. The molecule has 0 radical (unpaired) electrons. The minimum atomic E-state index is 0.353. The van der Waals surface area contributed by atoms with Gasteiger partial charge in [0.1, 0.15) is 0 Å². The summed E-state index contributed by atoms with van der Waals surface area (Å²) in [4.78, 5) is 6.68. The maximum absolute atomic E-state index is 5.59. The molecular formula is C14H30N4O. The summed E-state index contributed by atoms with van der Waals surface area (Å²) in [7, 11) is 1.81. The monoisotopic (exact) mass is 270 g/mol. The fourth-order valence-corrected chi connectivity index (χ4v) is 2.31. The quantitative estimate of drug-likeness (QED) is 0.511. The van der Waals surface area contributed by atoms with Crippen LogP contribution in [0, 0.1) is 0 Å². The Bertz CT molecular complexity index is 252. The van der Waals surface area contributed by atoms with Crippen molar-refractivity contribution in [2.24, 2.45) is 4.99 Å². The highest BCUT2D eigenvalue weighted by Crippen LogP contribution is 2.10. The number of likely N-dealkylation sites (N-methyl/N-ethyl adjacent to an activating group) is 1. The molecule has 2 N–H and O–H groups in total. The highest BCUT2D eigenvalue weighted by atomic mass is 16.5. The lowest BCUT2D eigenvalue weighted by molar-refractivity contribution is 0.114. The van der Waals surface area contributed by atoms with Crippen molar-refractivity contribution in [1.82, 2.24) is 15.5 Å². The average molecular weight is 270 g/mol. The summed E-state index contributed by atoms with van der Waals surface area (Å²) in [6, 6.07) is 0. The van der Waals surface area contributed by atoms with Crippen molar-refractivity contribution in [3.8, 4) is 0 Å². The highest BCUT2D eigenvalue weighted by molar-refractivity contribution is 5.79. The molecular weight excluding hydrogens is 240 g/mol. The molecule has 1 saturated heterocycles. The van der Waals surface area contributed by atoms with E-state index in [9.17, 15) is 0 Å². The van der Waals surface area contributed by atoms with Crippen LogP contribution in [-0.2, 0) is 4.74 Å². The molecule has 0 amide bonds. The van der Waals surface area contributed by atoms with Crippen molar-refractivity contribution in [2.75, 3.05) is 46.4 Å². The number of guanidine groups is 1. The van der Waals surface area contributed by atoms with Gasteiger partial charge >= 0.3 is 0 Å². The van der Waals surface area contributed by atoms with Crippen LogP contribution in [-0.4, -0.2) is 63.3 Å². The van der Waals surface area contributed by atoms with Crippen LogP contribution in [0.25, 0.3) is 0 Å². The molecule has 1 atom stereocenters. The molecule has 0 aromatic heterocycles. The first-order chi connectivity index (χ1) is 9.30. The largest absolute Gasteiger partial charge is 0.376 e. The van der Waals surface area contributed by atoms with Gasteiger partial charge in [0, 0.05) is 33.3 Å². The van der Waals surface area contributed by atoms with E-state index < -0.39 is 0 Å². The van der Waals surface area contributed by atoms with Crippen molar-refractivity contribution in [3.63, 3.8) is 0 Å². The lowest BCUT2D eigenvalue weighted by Crippen LogP contribution is -2.44. The lowest BCUT2D eigenvalue weighted by Gasteiger charge is -2.21.